The van der Waals surface area contributed by atoms with Gasteiger partial charge in [0.25, 0.3) is 0 Å². The summed E-state index contributed by atoms with van der Waals surface area (Å²) in [5.41, 5.74) is 1.23. The third-order valence-corrected chi connectivity index (χ3v) is 6.31. The van der Waals surface area contributed by atoms with Gasteiger partial charge in [-0.05, 0) is 42.0 Å². The first kappa shape index (κ1) is 18.7. The Morgan fingerprint density at radius 3 is 2.83 bits per heavy atom. The van der Waals surface area contributed by atoms with Crippen molar-refractivity contribution in [1.82, 2.24) is 4.98 Å². The molecule has 1 atom stereocenters. The van der Waals surface area contributed by atoms with Crippen molar-refractivity contribution in [1.29, 1.82) is 0 Å². The van der Waals surface area contributed by atoms with E-state index in [1.807, 2.05) is 12.1 Å². The van der Waals surface area contributed by atoms with E-state index in [1.165, 1.54) is 6.07 Å². The molecule has 2 aliphatic rings. The van der Waals surface area contributed by atoms with Crippen molar-refractivity contribution >= 4 is 27.2 Å². The molecule has 5 nitrogen and oxygen atoms in total. The smallest absolute Gasteiger partial charge is 0.387 e. The van der Waals surface area contributed by atoms with E-state index in [4.69, 9.17) is 9.47 Å². The summed E-state index contributed by atoms with van der Waals surface area (Å²) in [6.45, 7) is -1.93. The van der Waals surface area contributed by atoms with Gasteiger partial charge in [0.1, 0.15) is 5.82 Å². The topological polar surface area (TPSA) is 52.6 Å². The Morgan fingerprint density at radius 1 is 1.21 bits per heavy atom. The Kier molecular flexibility index (Phi) is 4.81. The first-order valence-corrected chi connectivity index (χ1v) is 10.1. The van der Waals surface area contributed by atoms with E-state index in [0.717, 1.165) is 20.5 Å². The first-order chi connectivity index (χ1) is 14.1. The molecule has 9 heteroatoms. The Bertz CT molecular complexity index is 1050. The molecule has 152 valence electrons. The molecule has 1 aliphatic carbocycles. The third kappa shape index (κ3) is 3.43. The normalized spacial score (nSPS) is 19.2. The number of benzene rings is 1. The molecule has 1 aliphatic heterocycles. The summed E-state index contributed by atoms with van der Waals surface area (Å²) in [7, 11) is 0. The second-order valence-electron chi connectivity index (χ2n) is 6.86. The van der Waals surface area contributed by atoms with Crippen molar-refractivity contribution in [3.05, 3.63) is 52.3 Å². The summed E-state index contributed by atoms with van der Waals surface area (Å²) in [6, 6.07) is 6.56. The molecule has 1 saturated heterocycles. The lowest BCUT2D eigenvalue weighted by molar-refractivity contribution is -0.0527. The maximum Gasteiger partial charge on any atom is 0.387 e. The predicted molar refractivity (Wildman–Crippen MR) is 102 cm³/mol. The second kappa shape index (κ2) is 7.47. The van der Waals surface area contributed by atoms with Gasteiger partial charge in [-0.1, -0.05) is 6.07 Å². The molecular formula is C20H17F3N2O3S. The summed E-state index contributed by atoms with van der Waals surface area (Å²) < 4.78 is 55.9. The summed E-state index contributed by atoms with van der Waals surface area (Å²) in [5, 5.41) is 4.41. The minimum atomic E-state index is -3.07. The first-order valence-electron chi connectivity index (χ1n) is 9.24. The number of anilines is 1. The maximum atomic E-state index is 14.0. The number of nitrogens with zero attached hydrogens (tertiary/aromatic N) is 1. The molecule has 3 heterocycles. The van der Waals surface area contributed by atoms with Crippen molar-refractivity contribution in [3.63, 3.8) is 0 Å². The van der Waals surface area contributed by atoms with Gasteiger partial charge in [-0.15, -0.1) is 11.3 Å². The average molecular weight is 422 g/mol. The van der Waals surface area contributed by atoms with Gasteiger partial charge < -0.3 is 19.5 Å². The fourth-order valence-corrected chi connectivity index (χ4v) is 5.01. The minimum absolute atomic E-state index is 0.173. The molecule has 0 bridgehead atoms. The fourth-order valence-electron chi connectivity index (χ4n) is 3.90. The number of nitrogens with one attached hydrogen (secondary N) is 1. The van der Waals surface area contributed by atoms with Crippen LogP contribution in [0.4, 0.5) is 19.0 Å². The largest absolute Gasteiger partial charge is 0.431 e. The van der Waals surface area contributed by atoms with E-state index in [9.17, 15) is 13.2 Å². The number of halogens is 3. The summed E-state index contributed by atoms with van der Waals surface area (Å²) in [4.78, 5) is 5.43. The van der Waals surface area contributed by atoms with E-state index in [-0.39, 0.29) is 18.1 Å². The molecule has 3 aromatic rings. The van der Waals surface area contributed by atoms with Crippen LogP contribution in [-0.2, 0) is 15.9 Å². The molecule has 0 saturated carbocycles. The van der Waals surface area contributed by atoms with Gasteiger partial charge in [0, 0.05) is 11.8 Å². The average Bonchev–Trinajstić information content (AvgIpc) is 3.43. The summed E-state index contributed by atoms with van der Waals surface area (Å²) >= 11 is 1.54. The number of hydrogen-bond donors (Lipinski definition) is 1. The molecule has 29 heavy (non-hydrogen) atoms. The summed E-state index contributed by atoms with van der Waals surface area (Å²) in [6.07, 6.45) is 2.43. The highest BCUT2D eigenvalue weighted by Gasteiger charge is 2.29. The summed E-state index contributed by atoms with van der Waals surface area (Å²) in [5.74, 6) is -0.443. The van der Waals surface area contributed by atoms with Crippen LogP contribution in [0, 0.1) is 5.82 Å². The van der Waals surface area contributed by atoms with Gasteiger partial charge in [0.15, 0.2) is 17.9 Å². The number of pyridine rings is 1. The molecule has 1 unspecified atom stereocenters. The highest BCUT2D eigenvalue weighted by atomic mass is 32.1. The number of aromatic nitrogens is 1. The van der Waals surface area contributed by atoms with Gasteiger partial charge in [-0.3, -0.25) is 0 Å². The Morgan fingerprint density at radius 2 is 2.03 bits per heavy atom. The van der Waals surface area contributed by atoms with E-state index in [1.54, 1.807) is 23.6 Å². The van der Waals surface area contributed by atoms with Crippen molar-refractivity contribution in [3.8, 4) is 5.75 Å². The van der Waals surface area contributed by atoms with E-state index in [0.29, 0.717) is 37.4 Å². The van der Waals surface area contributed by atoms with Gasteiger partial charge in [-0.2, -0.15) is 8.78 Å². The zero-order chi connectivity index (χ0) is 20.0. The van der Waals surface area contributed by atoms with Crippen molar-refractivity contribution in [2.24, 2.45) is 0 Å². The standard InChI is InChI=1S/C20H17F3N2O3S/c21-13-3-1-11-12(16(13)28-20(22)23)2-4-14(11)25-18-17-10(5-6-24-18)9-15(29-17)19-26-7-8-27-19/h1,3,5-6,9,14,19-20H,2,4,7-8H2,(H,24,25). The lowest BCUT2D eigenvalue weighted by atomic mass is 10.1. The number of thiophene rings is 1. The second-order valence-corrected chi connectivity index (χ2v) is 7.94. The molecule has 0 amide bonds. The van der Waals surface area contributed by atoms with Crippen LogP contribution in [-0.4, -0.2) is 24.8 Å². The lowest BCUT2D eigenvalue weighted by Crippen LogP contribution is -2.10. The van der Waals surface area contributed by atoms with Gasteiger partial charge in [0.05, 0.1) is 28.8 Å². The number of fused-ring (bicyclic) bond motifs is 2. The Balaban J connectivity index is 1.46. The van der Waals surface area contributed by atoms with E-state index in [2.05, 4.69) is 15.0 Å². The molecular weight excluding hydrogens is 405 g/mol. The van der Waals surface area contributed by atoms with Crippen LogP contribution in [0.1, 0.15) is 34.8 Å². The minimum Gasteiger partial charge on any atom is -0.431 e. The van der Waals surface area contributed by atoms with Crippen LogP contribution in [0.5, 0.6) is 5.75 Å². The fraction of sp³-hybridized carbons (Fsp3) is 0.350. The molecule has 0 radical (unpaired) electrons. The number of rotatable bonds is 5. The lowest BCUT2D eigenvalue weighted by Gasteiger charge is -2.16. The maximum absolute atomic E-state index is 14.0. The number of ether oxygens (including phenoxy) is 3. The van der Waals surface area contributed by atoms with Crippen molar-refractivity contribution < 1.29 is 27.4 Å². The predicted octanol–water partition coefficient (Wildman–Crippen LogP) is 5.18. The number of hydrogen-bond acceptors (Lipinski definition) is 6. The van der Waals surface area contributed by atoms with Crippen molar-refractivity contribution in [2.45, 2.75) is 31.8 Å². The van der Waals surface area contributed by atoms with Crippen LogP contribution in [0.25, 0.3) is 10.1 Å². The van der Waals surface area contributed by atoms with Crippen molar-refractivity contribution in [2.75, 3.05) is 18.5 Å². The Labute approximate surface area is 168 Å². The zero-order valence-electron chi connectivity index (χ0n) is 15.2. The molecule has 1 aromatic carbocycles. The molecule has 1 fully saturated rings. The highest BCUT2D eigenvalue weighted by molar-refractivity contribution is 7.19. The van der Waals surface area contributed by atoms with E-state index < -0.39 is 12.4 Å². The van der Waals surface area contributed by atoms with Gasteiger partial charge in [0.2, 0.25) is 0 Å². The highest BCUT2D eigenvalue weighted by Crippen LogP contribution is 2.42. The van der Waals surface area contributed by atoms with Gasteiger partial charge >= 0.3 is 6.61 Å². The third-order valence-electron chi connectivity index (χ3n) is 5.13. The van der Waals surface area contributed by atoms with Gasteiger partial charge in [-0.25, -0.2) is 9.37 Å². The van der Waals surface area contributed by atoms with E-state index >= 15 is 0 Å². The van der Waals surface area contributed by atoms with Crippen LogP contribution < -0.4 is 10.1 Å². The Hall–Kier alpha value is -2.36. The zero-order valence-corrected chi connectivity index (χ0v) is 16.0. The monoisotopic (exact) mass is 422 g/mol. The molecule has 2 aromatic heterocycles. The van der Waals surface area contributed by atoms with Crippen LogP contribution >= 0.6 is 11.3 Å². The SMILES string of the molecule is Fc1ccc2c(c1OC(F)F)CCC2Nc1nccc2cc(C3OCCO3)sc12. The molecule has 1 N–H and O–H groups in total. The van der Waals surface area contributed by atoms with Crippen LogP contribution in [0.15, 0.2) is 30.5 Å². The van der Waals surface area contributed by atoms with Crippen LogP contribution in [0.3, 0.4) is 0 Å². The molecule has 5 rings (SSSR count). The number of alkyl halides is 2. The quantitative estimate of drug-likeness (QED) is 0.614. The van der Waals surface area contributed by atoms with Crippen LogP contribution in [0.2, 0.25) is 0 Å². The molecule has 0 spiro atoms.